The fourth-order valence-corrected chi connectivity index (χ4v) is 0.919. The molecular formula is C10H22O3. The molecule has 0 aliphatic heterocycles. The molecule has 1 N–H and O–H groups in total. The van der Waals surface area contributed by atoms with Gasteiger partial charge in [-0.05, 0) is 41.5 Å². The molecule has 0 aromatic heterocycles. The summed E-state index contributed by atoms with van der Waals surface area (Å²) in [6.45, 7) is 13.5. The van der Waals surface area contributed by atoms with E-state index >= 15 is 0 Å². The minimum Gasteiger partial charge on any atom is -0.481 e. The molecule has 0 saturated heterocycles. The van der Waals surface area contributed by atoms with Crippen molar-refractivity contribution in [2.45, 2.75) is 59.7 Å². The number of rotatable bonds is 0. The van der Waals surface area contributed by atoms with Crippen LogP contribution in [-0.2, 0) is 9.53 Å². The van der Waals surface area contributed by atoms with Crippen molar-refractivity contribution >= 4 is 5.97 Å². The number of carboxylic acids is 1. The van der Waals surface area contributed by atoms with Gasteiger partial charge in [0.15, 0.2) is 0 Å². The summed E-state index contributed by atoms with van der Waals surface area (Å²) in [7, 11) is 0. The SMILES string of the molecule is CC(=O)O.CC(C)(C)OC(C)(C)C. The summed E-state index contributed by atoms with van der Waals surface area (Å²) < 4.78 is 5.62. The predicted octanol–water partition coefficient (Wildman–Crippen LogP) is 2.69. The Labute approximate surface area is 81.1 Å². The van der Waals surface area contributed by atoms with Gasteiger partial charge in [0, 0.05) is 6.92 Å². The van der Waals surface area contributed by atoms with Gasteiger partial charge < -0.3 is 9.84 Å². The van der Waals surface area contributed by atoms with E-state index < -0.39 is 5.97 Å². The van der Waals surface area contributed by atoms with Gasteiger partial charge in [0.2, 0.25) is 0 Å². The Morgan fingerprint density at radius 3 is 1.15 bits per heavy atom. The largest absolute Gasteiger partial charge is 0.481 e. The first-order chi connectivity index (χ1) is 5.44. The van der Waals surface area contributed by atoms with Gasteiger partial charge in [-0.3, -0.25) is 4.79 Å². The van der Waals surface area contributed by atoms with E-state index in [9.17, 15) is 0 Å². The third-order valence-corrected chi connectivity index (χ3v) is 0.612. The van der Waals surface area contributed by atoms with Crippen LogP contribution in [0.3, 0.4) is 0 Å². The number of hydrogen-bond donors (Lipinski definition) is 1. The molecule has 0 bridgehead atoms. The van der Waals surface area contributed by atoms with Crippen LogP contribution in [-0.4, -0.2) is 22.3 Å². The Hall–Kier alpha value is -0.570. The topological polar surface area (TPSA) is 46.5 Å². The van der Waals surface area contributed by atoms with E-state index in [-0.39, 0.29) is 11.2 Å². The fourth-order valence-electron chi connectivity index (χ4n) is 0.919. The van der Waals surface area contributed by atoms with Gasteiger partial charge in [-0.15, -0.1) is 0 Å². The van der Waals surface area contributed by atoms with Gasteiger partial charge in [-0.1, -0.05) is 0 Å². The first-order valence-electron chi connectivity index (χ1n) is 4.34. The van der Waals surface area contributed by atoms with Crippen LogP contribution in [0, 0.1) is 0 Å². The molecule has 0 radical (unpaired) electrons. The van der Waals surface area contributed by atoms with E-state index in [0.717, 1.165) is 6.92 Å². The molecule has 0 aromatic carbocycles. The molecule has 0 aliphatic carbocycles. The van der Waals surface area contributed by atoms with Crippen molar-refractivity contribution in [2.24, 2.45) is 0 Å². The zero-order valence-electron chi connectivity index (χ0n) is 9.76. The Balaban J connectivity index is 0. The van der Waals surface area contributed by atoms with E-state index in [2.05, 4.69) is 41.5 Å². The number of carboxylic acid groups (broad SMARTS) is 1. The standard InChI is InChI=1S/C8H18O.C2H4O2/c1-7(2,3)9-8(4,5)6;1-2(3)4/h1-6H3;1H3,(H,3,4). The lowest BCUT2D eigenvalue weighted by Gasteiger charge is -2.30. The summed E-state index contributed by atoms with van der Waals surface area (Å²) >= 11 is 0. The van der Waals surface area contributed by atoms with E-state index in [1.807, 2.05) is 0 Å². The van der Waals surface area contributed by atoms with Crippen LogP contribution >= 0.6 is 0 Å². The van der Waals surface area contributed by atoms with Crippen molar-refractivity contribution in [2.75, 3.05) is 0 Å². The molecule has 0 fully saturated rings. The molecule has 3 heteroatoms. The number of aliphatic carboxylic acids is 1. The van der Waals surface area contributed by atoms with Crippen molar-refractivity contribution < 1.29 is 14.6 Å². The summed E-state index contributed by atoms with van der Waals surface area (Å²) in [5.74, 6) is -0.833. The lowest BCUT2D eigenvalue weighted by Crippen LogP contribution is -2.31. The summed E-state index contributed by atoms with van der Waals surface area (Å²) in [6, 6.07) is 0. The maximum atomic E-state index is 9.00. The van der Waals surface area contributed by atoms with Crippen molar-refractivity contribution in [3.63, 3.8) is 0 Å². The summed E-state index contributed by atoms with van der Waals surface area (Å²) in [5, 5.41) is 7.42. The Morgan fingerprint density at radius 2 is 1.15 bits per heavy atom. The predicted molar refractivity (Wildman–Crippen MR) is 53.9 cm³/mol. The van der Waals surface area contributed by atoms with Gasteiger partial charge in [-0.2, -0.15) is 0 Å². The third-order valence-electron chi connectivity index (χ3n) is 0.612. The summed E-state index contributed by atoms with van der Waals surface area (Å²) in [4.78, 5) is 9.00. The van der Waals surface area contributed by atoms with E-state index in [4.69, 9.17) is 14.6 Å². The molecule has 0 aromatic rings. The van der Waals surface area contributed by atoms with Crippen LogP contribution < -0.4 is 0 Å². The van der Waals surface area contributed by atoms with Crippen molar-refractivity contribution in [3.8, 4) is 0 Å². The number of carbonyl (C=O) groups is 1. The molecule has 0 heterocycles. The van der Waals surface area contributed by atoms with Crippen LogP contribution in [0.1, 0.15) is 48.5 Å². The zero-order chi connectivity index (χ0) is 11.3. The Kier molecular flexibility index (Phi) is 6.00. The first kappa shape index (κ1) is 14.9. The maximum absolute atomic E-state index is 9.00. The molecule has 0 atom stereocenters. The summed E-state index contributed by atoms with van der Waals surface area (Å²) in [6.07, 6.45) is 0. The van der Waals surface area contributed by atoms with E-state index in [1.54, 1.807) is 0 Å². The lowest BCUT2D eigenvalue weighted by atomic mass is 10.1. The minimum absolute atomic E-state index is 0.0156. The summed E-state index contributed by atoms with van der Waals surface area (Å²) in [5.41, 5.74) is -0.0312. The fraction of sp³-hybridized carbons (Fsp3) is 0.900. The lowest BCUT2D eigenvalue weighted by molar-refractivity contribution is -0.134. The zero-order valence-corrected chi connectivity index (χ0v) is 9.76. The highest BCUT2D eigenvalue weighted by atomic mass is 16.5. The van der Waals surface area contributed by atoms with Crippen LogP contribution in [0.15, 0.2) is 0 Å². The van der Waals surface area contributed by atoms with Crippen molar-refractivity contribution in [3.05, 3.63) is 0 Å². The second-order valence-electron chi connectivity index (χ2n) is 4.85. The normalized spacial score (nSPS) is 11.6. The monoisotopic (exact) mass is 190 g/mol. The first-order valence-corrected chi connectivity index (χ1v) is 4.34. The highest BCUT2D eigenvalue weighted by Gasteiger charge is 2.19. The second-order valence-corrected chi connectivity index (χ2v) is 4.85. The van der Waals surface area contributed by atoms with Crippen LogP contribution in [0.2, 0.25) is 0 Å². The quantitative estimate of drug-likeness (QED) is 0.638. The van der Waals surface area contributed by atoms with Gasteiger partial charge in [0.05, 0.1) is 11.2 Å². The highest BCUT2D eigenvalue weighted by Crippen LogP contribution is 2.17. The molecule has 0 amide bonds. The van der Waals surface area contributed by atoms with E-state index in [1.165, 1.54) is 0 Å². The Bertz CT molecular complexity index is 133. The minimum atomic E-state index is -0.833. The number of hydrogen-bond acceptors (Lipinski definition) is 2. The van der Waals surface area contributed by atoms with Gasteiger partial charge in [0.25, 0.3) is 5.97 Å². The molecule has 80 valence electrons. The van der Waals surface area contributed by atoms with Gasteiger partial charge in [-0.25, -0.2) is 0 Å². The van der Waals surface area contributed by atoms with Crippen molar-refractivity contribution in [1.29, 1.82) is 0 Å². The molecule has 13 heavy (non-hydrogen) atoms. The van der Waals surface area contributed by atoms with Crippen LogP contribution in [0.5, 0.6) is 0 Å². The second kappa shape index (κ2) is 5.22. The molecule has 0 spiro atoms. The molecule has 0 unspecified atom stereocenters. The molecule has 0 rings (SSSR count). The third kappa shape index (κ3) is 34.5. The average Bonchev–Trinajstić information content (AvgIpc) is 1.47. The number of ether oxygens (including phenoxy) is 1. The Morgan fingerprint density at radius 1 is 1.00 bits per heavy atom. The molecular weight excluding hydrogens is 168 g/mol. The highest BCUT2D eigenvalue weighted by molar-refractivity contribution is 5.62. The van der Waals surface area contributed by atoms with Crippen LogP contribution in [0.25, 0.3) is 0 Å². The van der Waals surface area contributed by atoms with Crippen LogP contribution in [0.4, 0.5) is 0 Å². The van der Waals surface area contributed by atoms with Crippen molar-refractivity contribution in [1.82, 2.24) is 0 Å². The van der Waals surface area contributed by atoms with Gasteiger partial charge >= 0.3 is 0 Å². The van der Waals surface area contributed by atoms with E-state index in [0.29, 0.717) is 0 Å². The molecule has 0 aliphatic rings. The smallest absolute Gasteiger partial charge is 0.300 e. The average molecular weight is 190 g/mol. The molecule has 3 nitrogen and oxygen atoms in total. The maximum Gasteiger partial charge on any atom is 0.300 e. The van der Waals surface area contributed by atoms with Gasteiger partial charge in [0.1, 0.15) is 0 Å². The molecule has 0 saturated carbocycles.